The molecule has 0 spiro atoms. The maximum absolute atomic E-state index is 5.57. The second kappa shape index (κ2) is 3.66. The van der Waals surface area contributed by atoms with E-state index in [9.17, 15) is 0 Å². The van der Waals surface area contributed by atoms with E-state index >= 15 is 0 Å². The van der Waals surface area contributed by atoms with Crippen LogP contribution in [0.5, 0.6) is 0 Å². The van der Waals surface area contributed by atoms with Gasteiger partial charge in [-0.3, -0.25) is 0 Å². The van der Waals surface area contributed by atoms with Crippen LogP contribution in [0.1, 0.15) is 37.5 Å². The van der Waals surface area contributed by atoms with Gasteiger partial charge in [-0.05, 0) is 18.8 Å². The number of hydrogen-bond donors (Lipinski definition) is 0. The van der Waals surface area contributed by atoms with Gasteiger partial charge >= 0.3 is 0 Å². The van der Waals surface area contributed by atoms with Gasteiger partial charge in [-0.25, -0.2) is 0 Å². The van der Waals surface area contributed by atoms with Crippen molar-refractivity contribution in [3.63, 3.8) is 0 Å². The summed E-state index contributed by atoms with van der Waals surface area (Å²) in [7, 11) is 0. The van der Waals surface area contributed by atoms with Gasteiger partial charge in [0, 0.05) is 18.2 Å². The first-order valence-electron chi connectivity index (χ1n) is 4.69. The average Bonchev–Trinajstić information content (AvgIpc) is 2.67. The molecule has 3 nitrogen and oxygen atoms in total. The molecule has 4 heteroatoms. The van der Waals surface area contributed by atoms with E-state index in [0.717, 1.165) is 30.5 Å². The lowest BCUT2D eigenvalue weighted by Crippen LogP contribution is -1.85. The van der Waals surface area contributed by atoms with Crippen LogP contribution >= 0.6 is 11.6 Å². The van der Waals surface area contributed by atoms with E-state index in [1.807, 2.05) is 0 Å². The number of rotatable bonds is 4. The summed E-state index contributed by atoms with van der Waals surface area (Å²) in [5.74, 6) is 3.45. The van der Waals surface area contributed by atoms with Gasteiger partial charge in [-0.2, -0.15) is 0 Å². The molecule has 72 valence electrons. The first-order valence-corrected chi connectivity index (χ1v) is 5.23. The van der Waals surface area contributed by atoms with Gasteiger partial charge in [0.25, 0.3) is 0 Å². The van der Waals surface area contributed by atoms with Crippen LogP contribution in [0.15, 0.2) is 4.42 Å². The Labute approximate surface area is 82.5 Å². The normalized spacial score (nSPS) is 26.3. The highest BCUT2D eigenvalue weighted by atomic mass is 35.5. The molecule has 1 aromatic heterocycles. The number of hydrogen-bond acceptors (Lipinski definition) is 3. The van der Waals surface area contributed by atoms with Crippen LogP contribution in [0.4, 0.5) is 0 Å². The van der Waals surface area contributed by atoms with Gasteiger partial charge in [0.05, 0.1) is 0 Å². The van der Waals surface area contributed by atoms with Crippen LogP contribution in [-0.2, 0) is 6.42 Å². The molecule has 0 bridgehead atoms. The minimum absolute atomic E-state index is 0.525. The molecule has 1 saturated carbocycles. The molecule has 1 aliphatic rings. The number of alkyl halides is 1. The number of halogens is 1. The molecular formula is C9H13ClN2O. The Kier molecular flexibility index (Phi) is 2.54. The first-order chi connectivity index (χ1) is 6.31. The van der Waals surface area contributed by atoms with Crippen molar-refractivity contribution in [2.75, 3.05) is 5.88 Å². The molecular weight excluding hydrogens is 188 g/mol. The zero-order valence-electron chi connectivity index (χ0n) is 7.66. The lowest BCUT2D eigenvalue weighted by Gasteiger charge is -1.89. The monoisotopic (exact) mass is 200 g/mol. The van der Waals surface area contributed by atoms with Gasteiger partial charge in [-0.15, -0.1) is 21.8 Å². The molecule has 2 rings (SSSR count). The predicted molar refractivity (Wildman–Crippen MR) is 49.9 cm³/mol. The van der Waals surface area contributed by atoms with Crippen molar-refractivity contribution in [3.05, 3.63) is 11.8 Å². The summed E-state index contributed by atoms with van der Waals surface area (Å²) >= 11 is 5.57. The second-order valence-corrected chi connectivity index (χ2v) is 4.02. The first kappa shape index (κ1) is 9.00. The minimum Gasteiger partial charge on any atom is -0.425 e. The Bertz CT molecular complexity index is 287. The second-order valence-electron chi connectivity index (χ2n) is 3.65. The van der Waals surface area contributed by atoms with E-state index in [1.54, 1.807) is 0 Å². The Morgan fingerprint density at radius 1 is 1.54 bits per heavy atom. The highest BCUT2D eigenvalue weighted by Gasteiger charge is 2.38. The maximum atomic E-state index is 5.57. The fourth-order valence-electron chi connectivity index (χ4n) is 1.40. The average molecular weight is 201 g/mol. The van der Waals surface area contributed by atoms with E-state index in [2.05, 4.69) is 17.1 Å². The summed E-state index contributed by atoms with van der Waals surface area (Å²) in [6, 6.07) is 0. The van der Waals surface area contributed by atoms with Gasteiger partial charge in [0.15, 0.2) is 0 Å². The number of aromatic nitrogens is 2. The molecule has 0 saturated heterocycles. The summed E-state index contributed by atoms with van der Waals surface area (Å²) in [5.41, 5.74) is 0. The van der Waals surface area contributed by atoms with Crippen molar-refractivity contribution in [1.82, 2.24) is 10.2 Å². The van der Waals surface area contributed by atoms with Gasteiger partial charge < -0.3 is 4.42 Å². The summed E-state index contributed by atoms with van der Waals surface area (Å²) < 4.78 is 5.50. The molecule has 0 N–H and O–H groups in total. The molecule has 0 radical (unpaired) electrons. The molecule has 0 amide bonds. The summed E-state index contributed by atoms with van der Waals surface area (Å²) in [5, 5.41) is 8.00. The van der Waals surface area contributed by atoms with Crippen molar-refractivity contribution >= 4 is 11.6 Å². The lowest BCUT2D eigenvalue weighted by molar-refractivity contribution is 0.444. The van der Waals surface area contributed by atoms with Gasteiger partial charge in [0.1, 0.15) is 0 Å². The Morgan fingerprint density at radius 3 is 2.92 bits per heavy atom. The zero-order chi connectivity index (χ0) is 9.26. The van der Waals surface area contributed by atoms with Crippen LogP contribution in [0, 0.1) is 5.92 Å². The van der Waals surface area contributed by atoms with Crippen LogP contribution in [0.3, 0.4) is 0 Å². The van der Waals surface area contributed by atoms with Crippen molar-refractivity contribution in [1.29, 1.82) is 0 Å². The minimum atomic E-state index is 0.525. The molecule has 2 unspecified atom stereocenters. The van der Waals surface area contributed by atoms with Gasteiger partial charge in [0.2, 0.25) is 11.8 Å². The largest absolute Gasteiger partial charge is 0.425 e. The number of aryl methyl sites for hydroxylation is 1. The van der Waals surface area contributed by atoms with Crippen molar-refractivity contribution in [2.24, 2.45) is 5.92 Å². The quantitative estimate of drug-likeness (QED) is 0.701. The van der Waals surface area contributed by atoms with E-state index < -0.39 is 0 Å². The molecule has 0 aromatic carbocycles. The highest BCUT2D eigenvalue weighted by molar-refractivity contribution is 6.17. The highest BCUT2D eigenvalue weighted by Crippen LogP contribution is 2.46. The third-order valence-corrected chi connectivity index (χ3v) is 2.70. The third-order valence-electron chi connectivity index (χ3n) is 2.43. The fourth-order valence-corrected chi connectivity index (χ4v) is 1.54. The Balaban J connectivity index is 1.94. The van der Waals surface area contributed by atoms with Crippen LogP contribution in [-0.4, -0.2) is 16.1 Å². The molecule has 1 aromatic rings. The SMILES string of the molecule is CC1CC1c1nnc(CCCCl)o1. The number of nitrogens with zero attached hydrogens (tertiary/aromatic N) is 2. The maximum Gasteiger partial charge on any atom is 0.219 e. The smallest absolute Gasteiger partial charge is 0.219 e. The fraction of sp³-hybridized carbons (Fsp3) is 0.778. The van der Waals surface area contributed by atoms with E-state index in [-0.39, 0.29) is 0 Å². The molecule has 13 heavy (non-hydrogen) atoms. The molecule has 2 atom stereocenters. The van der Waals surface area contributed by atoms with E-state index in [0.29, 0.717) is 11.8 Å². The van der Waals surface area contributed by atoms with Gasteiger partial charge in [-0.1, -0.05) is 6.92 Å². The van der Waals surface area contributed by atoms with Crippen LogP contribution < -0.4 is 0 Å². The Hall–Kier alpha value is -0.570. The van der Waals surface area contributed by atoms with Crippen molar-refractivity contribution < 1.29 is 4.42 Å². The van der Waals surface area contributed by atoms with E-state index in [1.165, 1.54) is 6.42 Å². The summed E-state index contributed by atoms with van der Waals surface area (Å²) in [6.45, 7) is 2.20. The van der Waals surface area contributed by atoms with E-state index in [4.69, 9.17) is 16.0 Å². The summed E-state index contributed by atoms with van der Waals surface area (Å²) in [6.07, 6.45) is 2.90. The standard InChI is InChI=1S/C9H13ClN2O/c1-6-5-7(6)9-12-11-8(13-9)3-2-4-10/h6-7H,2-5H2,1H3. The zero-order valence-corrected chi connectivity index (χ0v) is 8.42. The molecule has 0 aliphatic heterocycles. The third kappa shape index (κ3) is 2.02. The molecule has 1 aliphatic carbocycles. The summed E-state index contributed by atoms with van der Waals surface area (Å²) in [4.78, 5) is 0. The van der Waals surface area contributed by atoms with Crippen LogP contribution in [0.25, 0.3) is 0 Å². The molecule has 1 fully saturated rings. The lowest BCUT2D eigenvalue weighted by atomic mass is 10.3. The van der Waals surface area contributed by atoms with Crippen molar-refractivity contribution in [3.8, 4) is 0 Å². The Morgan fingerprint density at radius 2 is 2.31 bits per heavy atom. The van der Waals surface area contributed by atoms with Crippen molar-refractivity contribution in [2.45, 2.75) is 32.1 Å². The topological polar surface area (TPSA) is 38.9 Å². The predicted octanol–water partition coefficient (Wildman–Crippen LogP) is 2.36. The van der Waals surface area contributed by atoms with Crippen LogP contribution in [0.2, 0.25) is 0 Å². The molecule has 1 heterocycles.